The second kappa shape index (κ2) is 5.89. The highest BCUT2D eigenvalue weighted by Crippen LogP contribution is 2.47. The molecule has 0 aromatic heterocycles. The van der Waals surface area contributed by atoms with Gasteiger partial charge >= 0.3 is 5.97 Å². The molecule has 2 rings (SSSR count). The van der Waals surface area contributed by atoms with Gasteiger partial charge in [-0.3, -0.25) is 9.59 Å². The van der Waals surface area contributed by atoms with Crippen molar-refractivity contribution in [2.24, 2.45) is 11.8 Å². The van der Waals surface area contributed by atoms with E-state index >= 15 is 0 Å². The molecule has 0 aromatic carbocycles. The highest BCUT2D eigenvalue weighted by atomic mass is 32.2. The Labute approximate surface area is 107 Å². The van der Waals surface area contributed by atoms with Crippen molar-refractivity contribution in [3.8, 4) is 0 Å². The number of ketones is 1. The molecule has 1 aliphatic carbocycles. The second-order valence-electron chi connectivity index (χ2n) is 5.06. The Hall–Kier alpha value is -0.510. The van der Waals surface area contributed by atoms with Gasteiger partial charge in [-0.15, -0.1) is 0 Å². The lowest BCUT2D eigenvalue weighted by molar-refractivity contribution is -0.140. The van der Waals surface area contributed by atoms with Gasteiger partial charge in [0, 0.05) is 24.5 Å². The largest absolute Gasteiger partial charge is 0.469 e. The lowest BCUT2D eigenvalue weighted by atomic mass is 9.92. The van der Waals surface area contributed by atoms with Gasteiger partial charge in [0.15, 0.2) is 0 Å². The average molecular weight is 256 g/mol. The van der Waals surface area contributed by atoms with Crippen molar-refractivity contribution in [1.29, 1.82) is 0 Å². The average Bonchev–Trinajstić information content (AvgIpc) is 2.84. The summed E-state index contributed by atoms with van der Waals surface area (Å²) in [6.45, 7) is 0. The van der Waals surface area contributed by atoms with Crippen LogP contribution in [0.4, 0.5) is 0 Å². The van der Waals surface area contributed by atoms with E-state index in [1.807, 2.05) is 11.8 Å². The number of carbonyl (C=O) groups excluding carboxylic acids is 2. The Kier molecular flexibility index (Phi) is 4.48. The summed E-state index contributed by atoms with van der Waals surface area (Å²) in [6, 6.07) is 0. The topological polar surface area (TPSA) is 43.4 Å². The van der Waals surface area contributed by atoms with Crippen molar-refractivity contribution >= 4 is 23.5 Å². The van der Waals surface area contributed by atoms with E-state index in [4.69, 9.17) is 0 Å². The first-order valence-electron chi connectivity index (χ1n) is 6.41. The maximum atomic E-state index is 11.4. The Morgan fingerprint density at radius 2 is 2.24 bits per heavy atom. The molecule has 0 spiro atoms. The van der Waals surface area contributed by atoms with Gasteiger partial charge in [-0.25, -0.2) is 0 Å². The van der Waals surface area contributed by atoms with E-state index < -0.39 is 0 Å². The summed E-state index contributed by atoms with van der Waals surface area (Å²) in [5.74, 6) is 2.79. The zero-order chi connectivity index (χ0) is 12.3. The molecule has 2 fully saturated rings. The molecule has 0 aromatic rings. The van der Waals surface area contributed by atoms with E-state index in [0.717, 1.165) is 37.9 Å². The van der Waals surface area contributed by atoms with Crippen LogP contribution in [0.2, 0.25) is 0 Å². The van der Waals surface area contributed by atoms with Gasteiger partial charge in [0.2, 0.25) is 0 Å². The van der Waals surface area contributed by atoms with Gasteiger partial charge < -0.3 is 4.74 Å². The predicted octanol–water partition coefficient (Wildman–Crippen LogP) is 2.43. The molecule has 4 heteroatoms. The van der Waals surface area contributed by atoms with Crippen molar-refractivity contribution in [2.75, 3.05) is 12.9 Å². The number of hydrogen-bond donors (Lipinski definition) is 0. The lowest BCUT2D eigenvalue weighted by Crippen LogP contribution is -2.14. The molecule has 2 aliphatic rings. The van der Waals surface area contributed by atoms with Gasteiger partial charge in [0.1, 0.15) is 5.78 Å². The minimum absolute atomic E-state index is 0.113. The minimum Gasteiger partial charge on any atom is -0.469 e. The minimum atomic E-state index is -0.113. The third-order valence-electron chi connectivity index (χ3n) is 3.91. The first kappa shape index (κ1) is 12.9. The molecule has 17 heavy (non-hydrogen) atoms. The molecule has 1 aliphatic heterocycles. The number of Topliss-reactive ketones (excluding diaryl/α,β-unsaturated/α-hetero) is 1. The van der Waals surface area contributed by atoms with Crippen LogP contribution in [0.25, 0.3) is 0 Å². The van der Waals surface area contributed by atoms with Gasteiger partial charge in [-0.1, -0.05) is 6.42 Å². The van der Waals surface area contributed by atoms with Crippen LogP contribution in [-0.2, 0) is 14.3 Å². The number of rotatable bonds is 5. The molecule has 0 N–H and O–H groups in total. The zero-order valence-electron chi connectivity index (χ0n) is 10.3. The number of methoxy groups -OCH3 is 1. The summed E-state index contributed by atoms with van der Waals surface area (Å²) in [5, 5.41) is 0.657. The van der Waals surface area contributed by atoms with Crippen LogP contribution in [0, 0.1) is 11.8 Å². The molecule has 96 valence electrons. The highest BCUT2D eigenvalue weighted by molar-refractivity contribution is 8.00. The van der Waals surface area contributed by atoms with Crippen molar-refractivity contribution in [2.45, 2.75) is 43.8 Å². The van der Waals surface area contributed by atoms with E-state index in [2.05, 4.69) is 4.74 Å². The van der Waals surface area contributed by atoms with Crippen LogP contribution in [0.3, 0.4) is 0 Å². The summed E-state index contributed by atoms with van der Waals surface area (Å²) >= 11 is 2.03. The summed E-state index contributed by atoms with van der Waals surface area (Å²) in [7, 11) is 1.43. The van der Waals surface area contributed by atoms with Crippen molar-refractivity contribution in [1.82, 2.24) is 0 Å². The van der Waals surface area contributed by atoms with Crippen LogP contribution >= 0.6 is 11.8 Å². The van der Waals surface area contributed by atoms with Crippen molar-refractivity contribution in [3.63, 3.8) is 0 Å². The molecule has 0 bridgehead atoms. The fraction of sp³-hybridized carbons (Fsp3) is 0.846. The van der Waals surface area contributed by atoms with Crippen molar-refractivity contribution < 1.29 is 14.3 Å². The standard InChI is InChI=1S/C13H20O3S/c1-16-13(15)5-3-2-4-12-11-7-10(14)6-9(11)8-17-12/h9,11-12H,2-8H2,1H3/t9-,11-,12?/m0/s1. The van der Waals surface area contributed by atoms with Crippen molar-refractivity contribution in [3.05, 3.63) is 0 Å². The molecule has 0 radical (unpaired) electrons. The van der Waals surface area contributed by atoms with Crippen LogP contribution < -0.4 is 0 Å². The first-order valence-corrected chi connectivity index (χ1v) is 7.45. The third kappa shape index (κ3) is 3.24. The monoisotopic (exact) mass is 256 g/mol. The molecular formula is C13H20O3S. The number of fused-ring (bicyclic) bond motifs is 1. The molecule has 1 heterocycles. The fourth-order valence-corrected chi connectivity index (χ4v) is 4.72. The summed E-state index contributed by atoms with van der Waals surface area (Å²) < 4.78 is 4.62. The van der Waals surface area contributed by atoms with E-state index in [1.165, 1.54) is 7.11 Å². The smallest absolute Gasteiger partial charge is 0.305 e. The van der Waals surface area contributed by atoms with Crippen LogP contribution in [-0.4, -0.2) is 29.9 Å². The van der Waals surface area contributed by atoms with E-state index in [-0.39, 0.29) is 5.97 Å². The van der Waals surface area contributed by atoms with Crippen LogP contribution in [0.5, 0.6) is 0 Å². The number of thioether (sulfide) groups is 1. The Balaban J connectivity index is 1.66. The number of carbonyl (C=O) groups is 2. The van der Waals surface area contributed by atoms with Gasteiger partial charge in [0.05, 0.1) is 7.11 Å². The first-order chi connectivity index (χ1) is 8.20. The molecule has 0 amide bonds. The number of unbranched alkanes of at least 4 members (excludes halogenated alkanes) is 1. The predicted molar refractivity (Wildman–Crippen MR) is 68.0 cm³/mol. The summed E-state index contributed by atoms with van der Waals surface area (Å²) in [5.41, 5.74) is 0. The van der Waals surface area contributed by atoms with Gasteiger partial charge in [0.25, 0.3) is 0 Å². The molecule has 3 nitrogen and oxygen atoms in total. The quantitative estimate of drug-likeness (QED) is 0.560. The summed E-state index contributed by atoms with van der Waals surface area (Å²) in [4.78, 5) is 22.4. The highest BCUT2D eigenvalue weighted by Gasteiger charge is 2.42. The van der Waals surface area contributed by atoms with Crippen LogP contribution in [0.1, 0.15) is 38.5 Å². The Bertz CT molecular complexity index is 303. The van der Waals surface area contributed by atoms with E-state index in [9.17, 15) is 9.59 Å². The van der Waals surface area contributed by atoms with Gasteiger partial charge in [-0.2, -0.15) is 11.8 Å². The second-order valence-corrected chi connectivity index (χ2v) is 6.34. The number of ether oxygens (including phenoxy) is 1. The number of esters is 1. The zero-order valence-corrected chi connectivity index (χ0v) is 11.1. The van der Waals surface area contributed by atoms with E-state index in [1.54, 1.807) is 0 Å². The molecule has 3 atom stereocenters. The van der Waals surface area contributed by atoms with Crippen LogP contribution in [0.15, 0.2) is 0 Å². The Morgan fingerprint density at radius 1 is 1.41 bits per heavy atom. The normalized spacial score (nSPS) is 31.6. The fourth-order valence-electron chi connectivity index (χ4n) is 2.96. The Morgan fingerprint density at radius 3 is 3.00 bits per heavy atom. The molecule has 1 saturated heterocycles. The maximum absolute atomic E-state index is 11.4. The molecule has 1 saturated carbocycles. The number of hydrogen-bond acceptors (Lipinski definition) is 4. The lowest BCUT2D eigenvalue weighted by Gasteiger charge is -2.16. The maximum Gasteiger partial charge on any atom is 0.305 e. The SMILES string of the molecule is COC(=O)CCCCC1SC[C@@H]2CC(=O)C[C@H]12. The molecule has 1 unspecified atom stereocenters. The molecular weight excluding hydrogens is 236 g/mol. The van der Waals surface area contributed by atoms with E-state index in [0.29, 0.717) is 29.3 Å². The van der Waals surface area contributed by atoms with Gasteiger partial charge in [-0.05, 0) is 30.4 Å². The summed E-state index contributed by atoms with van der Waals surface area (Å²) in [6.07, 6.45) is 5.28. The third-order valence-corrected chi connectivity index (χ3v) is 5.54.